The Kier molecular flexibility index (Phi) is 5.75. The number of nitrogens with zero attached hydrogens (tertiary/aromatic N) is 2. The molecule has 0 spiro atoms. The Morgan fingerprint density at radius 3 is 2.41 bits per heavy atom. The summed E-state index contributed by atoms with van der Waals surface area (Å²) < 4.78 is 21.2. The third-order valence-corrected chi connectivity index (χ3v) is 4.82. The van der Waals surface area contributed by atoms with E-state index in [0.717, 1.165) is 0 Å². The van der Waals surface area contributed by atoms with Crippen LogP contribution in [-0.4, -0.2) is 43.2 Å². The molecule has 1 atom stereocenters. The van der Waals surface area contributed by atoms with Gasteiger partial charge in [0.05, 0.1) is 21.3 Å². The van der Waals surface area contributed by atoms with E-state index in [1.807, 2.05) is 0 Å². The molecule has 0 unspecified atom stereocenters. The Morgan fingerprint density at radius 2 is 1.72 bits per heavy atom. The Labute approximate surface area is 183 Å². The number of rotatable bonds is 7. The molecule has 0 bridgehead atoms. The van der Waals surface area contributed by atoms with Gasteiger partial charge in [0, 0.05) is 23.6 Å². The molecule has 1 aromatic heterocycles. The van der Waals surface area contributed by atoms with E-state index >= 15 is 0 Å². The fourth-order valence-electron chi connectivity index (χ4n) is 3.31. The molecule has 2 aromatic carbocycles. The summed E-state index contributed by atoms with van der Waals surface area (Å²) in [5.74, 6) is 0.431. The van der Waals surface area contributed by atoms with E-state index in [1.54, 1.807) is 43.5 Å². The van der Waals surface area contributed by atoms with Crippen molar-refractivity contribution < 1.29 is 28.5 Å². The average molecular weight is 436 g/mol. The van der Waals surface area contributed by atoms with Gasteiger partial charge in [0.1, 0.15) is 11.3 Å². The van der Waals surface area contributed by atoms with Crippen molar-refractivity contribution in [3.63, 3.8) is 0 Å². The number of carbonyl (C=O) groups excluding carboxylic acids is 2. The fourth-order valence-corrected chi connectivity index (χ4v) is 3.31. The summed E-state index contributed by atoms with van der Waals surface area (Å²) in [6.45, 7) is 0. The highest BCUT2D eigenvalue weighted by Gasteiger charge is 2.36. The van der Waals surface area contributed by atoms with Crippen molar-refractivity contribution in [2.45, 2.75) is 6.23 Å². The van der Waals surface area contributed by atoms with E-state index in [-0.39, 0.29) is 22.8 Å². The number of aromatic nitrogens is 2. The first-order chi connectivity index (χ1) is 15.5. The summed E-state index contributed by atoms with van der Waals surface area (Å²) >= 11 is 0. The first-order valence-electron chi connectivity index (χ1n) is 9.54. The minimum absolute atomic E-state index is 0.0355. The van der Waals surface area contributed by atoms with E-state index in [4.69, 9.17) is 18.9 Å². The molecule has 1 amide bonds. The molecule has 0 radical (unpaired) electrons. The molecule has 164 valence electrons. The smallest absolute Gasteiger partial charge is 0.344 e. The third-order valence-electron chi connectivity index (χ3n) is 4.82. The molecule has 0 aliphatic carbocycles. The van der Waals surface area contributed by atoms with Gasteiger partial charge in [0.25, 0.3) is 5.91 Å². The number of hydrogen-bond donors (Lipinski definition) is 2. The number of nitrogens with one attached hydrogen (secondary N) is 2. The third kappa shape index (κ3) is 3.85. The van der Waals surface area contributed by atoms with E-state index in [0.29, 0.717) is 22.7 Å². The number of fused-ring (bicyclic) bond motifs is 1. The topological polar surface area (TPSA) is 121 Å². The molecule has 10 nitrogen and oxygen atoms in total. The van der Waals surface area contributed by atoms with Crippen LogP contribution in [-0.2, 0) is 4.74 Å². The van der Waals surface area contributed by atoms with Crippen LogP contribution in [0.15, 0.2) is 48.8 Å². The molecule has 2 N–H and O–H groups in total. The number of methoxy groups -OCH3 is 3. The van der Waals surface area contributed by atoms with Crippen molar-refractivity contribution in [2.75, 3.05) is 32.0 Å². The molecule has 0 saturated carbocycles. The summed E-state index contributed by atoms with van der Waals surface area (Å²) in [7, 11) is 4.48. The molecule has 4 rings (SSSR count). The Hall–Kier alpha value is -4.34. The molecule has 1 aliphatic heterocycles. The monoisotopic (exact) mass is 436 g/mol. The number of anilines is 2. The molecular weight excluding hydrogens is 416 g/mol. The van der Waals surface area contributed by atoms with Crippen molar-refractivity contribution in [1.29, 1.82) is 0 Å². The van der Waals surface area contributed by atoms with E-state index in [9.17, 15) is 9.59 Å². The zero-order chi connectivity index (χ0) is 22.7. The van der Waals surface area contributed by atoms with Crippen LogP contribution in [0.2, 0.25) is 0 Å². The lowest BCUT2D eigenvalue weighted by Crippen LogP contribution is -2.19. The molecular formula is C22H20N4O6. The predicted molar refractivity (Wildman–Crippen MR) is 114 cm³/mol. The Bertz CT molecular complexity index is 1170. The van der Waals surface area contributed by atoms with Crippen LogP contribution in [0.1, 0.15) is 32.6 Å². The van der Waals surface area contributed by atoms with Gasteiger partial charge in [0.2, 0.25) is 6.23 Å². The zero-order valence-corrected chi connectivity index (χ0v) is 17.5. The van der Waals surface area contributed by atoms with Crippen molar-refractivity contribution >= 4 is 23.4 Å². The van der Waals surface area contributed by atoms with Crippen LogP contribution in [0, 0.1) is 0 Å². The van der Waals surface area contributed by atoms with Gasteiger partial charge >= 0.3 is 5.97 Å². The van der Waals surface area contributed by atoms with Crippen molar-refractivity contribution in [3.8, 4) is 17.2 Å². The maximum absolute atomic E-state index is 12.8. The molecule has 0 saturated heterocycles. The Morgan fingerprint density at radius 1 is 0.969 bits per heavy atom. The van der Waals surface area contributed by atoms with E-state index in [1.165, 1.54) is 26.6 Å². The number of cyclic esters (lactones) is 1. The Balaban J connectivity index is 1.59. The highest BCUT2D eigenvalue weighted by atomic mass is 16.6. The highest BCUT2D eigenvalue weighted by Crippen LogP contribution is 2.42. The summed E-state index contributed by atoms with van der Waals surface area (Å²) in [6.07, 6.45) is 1.94. The largest absolute Gasteiger partial charge is 0.497 e. The molecule has 32 heavy (non-hydrogen) atoms. The van der Waals surface area contributed by atoms with Gasteiger partial charge in [-0.15, -0.1) is 0 Å². The van der Waals surface area contributed by atoms with Gasteiger partial charge in [-0.3, -0.25) is 4.79 Å². The quantitative estimate of drug-likeness (QED) is 0.538. The minimum atomic E-state index is -0.887. The average Bonchev–Trinajstić information content (AvgIpc) is 3.14. The van der Waals surface area contributed by atoms with Gasteiger partial charge in [0.15, 0.2) is 23.0 Å². The first kappa shape index (κ1) is 20.9. The van der Waals surface area contributed by atoms with E-state index < -0.39 is 18.1 Å². The summed E-state index contributed by atoms with van der Waals surface area (Å²) in [5.41, 5.74) is 1.37. The number of ether oxygens (including phenoxy) is 4. The van der Waals surface area contributed by atoms with Crippen LogP contribution in [0.25, 0.3) is 0 Å². The van der Waals surface area contributed by atoms with Crippen LogP contribution >= 0.6 is 0 Å². The van der Waals surface area contributed by atoms with Crippen molar-refractivity contribution in [3.05, 3.63) is 65.6 Å². The summed E-state index contributed by atoms with van der Waals surface area (Å²) in [4.78, 5) is 33.7. The van der Waals surface area contributed by atoms with Crippen LogP contribution < -0.4 is 24.8 Å². The maximum Gasteiger partial charge on any atom is 0.344 e. The lowest BCUT2D eigenvalue weighted by atomic mass is 10.1. The normalized spacial score (nSPS) is 14.2. The molecule has 0 fully saturated rings. The van der Waals surface area contributed by atoms with Crippen molar-refractivity contribution in [1.82, 2.24) is 9.97 Å². The van der Waals surface area contributed by atoms with Crippen molar-refractivity contribution in [2.24, 2.45) is 0 Å². The molecule has 3 aromatic rings. The highest BCUT2D eigenvalue weighted by molar-refractivity contribution is 6.06. The maximum atomic E-state index is 12.8. The van der Waals surface area contributed by atoms with Gasteiger partial charge in [-0.1, -0.05) is 0 Å². The second-order valence-electron chi connectivity index (χ2n) is 6.63. The lowest BCUT2D eigenvalue weighted by molar-refractivity contribution is 0.0434. The fraction of sp³-hybridized carbons (Fsp3) is 0.182. The number of amides is 1. The van der Waals surface area contributed by atoms with E-state index in [2.05, 4.69) is 20.6 Å². The first-order valence-corrected chi connectivity index (χ1v) is 9.54. The van der Waals surface area contributed by atoms with Gasteiger partial charge < -0.3 is 29.6 Å². The number of esters is 1. The van der Waals surface area contributed by atoms with Crippen LogP contribution in [0.4, 0.5) is 11.5 Å². The standard InChI is InChI=1S/C22H20N4O6/c1-29-13-6-4-12(5-7-13)25-20(27)17-19(24-11-10-23-17)26-21-14-8-9-15(30-2)18(31-3)16(14)22(28)32-21/h4-11,21H,1-3H3,(H,24,26)(H,25,27)/t21-/m1/s1. The van der Waals surface area contributed by atoms with Crippen LogP contribution in [0.3, 0.4) is 0 Å². The zero-order valence-electron chi connectivity index (χ0n) is 17.5. The minimum Gasteiger partial charge on any atom is -0.497 e. The number of benzene rings is 2. The number of hydrogen-bond acceptors (Lipinski definition) is 9. The molecule has 1 aliphatic rings. The summed E-state index contributed by atoms with van der Waals surface area (Å²) in [5, 5.41) is 5.73. The second-order valence-corrected chi connectivity index (χ2v) is 6.63. The number of carbonyl (C=O) groups is 2. The second kappa shape index (κ2) is 8.80. The lowest BCUT2D eigenvalue weighted by Gasteiger charge is -2.16. The van der Waals surface area contributed by atoms with Gasteiger partial charge in [-0.25, -0.2) is 14.8 Å². The molecule has 2 heterocycles. The SMILES string of the molecule is COc1ccc(NC(=O)c2nccnc2N[C@@H]2OC(=O)c3c2ccc(OC)c3OC)cc1. The van der Waals surface area contributed by atoms with Gasteiger partial charge in [-0.05, 0) is 36.4 Å². The van der Waals surface area contributed by atoms with Gasteiger partial charge in [-0.2, -0.15) is 0 Å². The summed E-state index contributed by atoms with van der Waals surface area (Å²) in [6, 6.07) is 10.2. The van der Waals surface area contributed by atoms with Crippen LogP contribution in [0.5, 0.6) is 17.2 Å². The predicted octanol–water partition coefficient (Wildman–Crippen LogP) is 3.04. The molecule has 10 heteroatoms.